The van der Waals surface area contributed by atoms with Gasteiger partial charge in [0.15, 0.2) is 18.0 Å². The van der Waals surface area contributed by atoms with Crippen molar-refractivity contribution in [3.05, 3.63) is 11.6 Å². The van der Waals surface area contributed by atoms with Crippen LogP contribution >= 0.6 is 0 Å². The number of esters is 1. The van der Waals surface area contributed by atoms with Crippen LogP contribution in [0, 0.1) is 46.3 Å². The molecule has 0 amide bonds. The Balaban J connectivity index is 1.12. The topological polar surface area (TPSA) is 163 Å². The number of hydrogen-bond donors (Lipinski definition) is 5. The van der Waals surface area contributed by atoms with Gasteiger partial charge in [-0.25, -0.2) is 9.59 Å². The quantitative estimate of drug-likeness (QED) is 0.224. The molecule has 0 aromatic carbocycles. The van der Waals surface area contributed by atoms with Crippen molar-refractivity contribution in [2.24, 2.45) is 46.3 Å². The lowest BCUT2D eigenvalue weighted by molar-refractivity contribution is -0.272. The summed E-state index contributed by atoms with van der Waals surface area (Å²) in [5.41, 5.74) is 1.51. The van der Waals surface area contributed by atoms with Crippen LogP contribution in [0.15, 0.2) is 11.6 Å². The van der Waals surface area contributed by atoms with Crippen LogP contribution in [0.4, 0.5) is 0 Å². The molecule has 242 valence electrons. The number of aliphatic hydroxyl groups excluding tert-OH is 4. The molecular weight excluding hydrogens is 556 g/mol. The highest BCUT2D eigenvalue weighted by atomic mass is 16.7. The highest BCUT2D eigenvalue weighted by Gasteiger charge is 2.68. The summed E-state index contributed by atoms with van der Waals surface area (Å²) in [7, 11) is 0. The van der Waals surface area contributed by atoms with Crippen molar-refractivity contribution in [2.45, 2.75) is 128 Å². The van der Waals surface area contributed by atoms with Crippen LogP contribution in [0.3, 0.4) is 0 Å². The average molecular weight is 607 g/mol. The first kappa shape index (κ1) is 31.4. The van der Waals surface area contributed by atoms with Crippen molar-refractivity contribution in [1.82, 2.24) is 0 Å². The van der Waals surface area contributed by atoms with E-state index in [1.807, 2.05) is 0 Å². The average Bonchev–Trinajstić information content (AvgIpc) is 3.42. The van der Waals surface area contributed by atoms with Crippen LogP contribution in [0.2, 0.25) is 0 Å². The second kappa shape index (κ2) is 11.1. The van der Waals surface area contributed by atoms with E-state index in [1.54, 1.807) is 0 Å². The van der Waals surface area contributed by atoms with E-state index in [-0.39, 0.29) is 16.9 Å². The molecule has 2 heterocycles. The van der Waals surface area contributed by atoms with Crippen LogP contribution in [-0.4, -0.2) is 86.5 Å². The van der Waals surface area contributed by atoms with Gasteiger partial charge in [-0.15, -0.1) is 0 Å². The smallest absolute Gasteiger partial charge is 0.338 e. The number of carboxylic acids is 1. The molecule has 15 atom stereocenters. The van der Waals surface area contributed by atoms with E-state index >= 15 is 0 Å². The molecule has 4 aliphatic carbocycles. The number of carbonyl (C=O) groups is 2. The number of carbonyl (C=O) groups excluding carboxylic acids is 1. The van der Waals surface area contributed by atoms with Gasteiger partial charge < -0.3 is 39.7 Å². The lowest BCUT2D eigenvalue weighted by Gasteiger charge is -2.58. The van der Waals surface area contributed by atoms with Crippen LogP contribution in [0.25, 0.3) is 0 Å². The molecule has 5 fully saturated rings. The molecule has 0 unspecified atom stereocenters. The molecular formula is C33H50O10. The predicted octanol–water partition coefficient (Wildman–Crippen LogP) is 2.79. The normalized spacial score (nSPS) is 48.1. The maximum atomic E-state index is 12.6. The second-order valence-corrected chi connectivity index (χ2v) is 15.3. The summed E-state index contributed by atoms with van der Waals surface area (Å²) in [6, 6.07) is 0. The SMILES string of the molecule is C[C@@H]1CC[C@@]2(OC1)O[C@H]1C[C@H]3[C@@H]4CC=C5C[C@@H](OC(=O)[C@H](O)[C@@H](O)[C@H](O)[C@H](O)C(=O)O)CC[C@]5(C)[C@H]4CC[C@]3(C)[C@H]1[C@@H]2C. The number of aliphatic carboxylic acids is 1. The first-order valence-corrected chi connectivity index (χ1v) is 16.4. The van der Waals surface area contributed by atoms with Gasteiger partial charge in [0.05, 0.1) is 12.7 Å². The number of carboxylic acid groups (broad SMARTS) is 1. The fraction of sp³-hybridized carbons (Fsp3) is 0.879. The Morgan fingerprint density at radius 2 is 1.70 bits per heavy atom. The Labute approximate surface area is 253 Å². The summed E-state index contributed by atoms with van der Waals surface area (Å²) >= 11 is 0. The summed E-state index contributed by atoms with van der Waals surface area (Å²) in [5.74, 6) is -0.126. The van der Waals surface area contributed by atoms with E-state index in [4.69, 9.17) is 19.3 Å². The molecule has 10 heteroatoms. The van der Waals surface area contributed by atoms with Gasteiger partial charge in [-0.05, 0) is 85.4 Å². The lowest BCUT2D eigenvalue weighted by Crippen LogP contribution is -2.53. The number of aliphatic hydroxyl groups is 4. The number of rotatable bonds is 6. The number of allylic oxidation sites excluding steroid dienone is 1. The van der Waals surface area contributed by atoms with Gasteiger partial charge in [-0.2, -0.15) is 0 Å². The van der Waals surface area contributed by atoms with E-state index < -0.39 is 48.2 Å². The zero-order valence-corrected chi connectivity index (χ0v) is 25.9. The monoisotopic (exact) mass is 606 g/mol. The Morgan fingerprint density at radius 1 is 0.977 bits per heavy atom. The molecule has 6 aliphatic rings. The molecule has 10 nitrogen and oxygen atoms in total. The third-order valence-electron chi connectivity index (χ3n) is 13.1. The Morgan fingerprint density at radius 3 is 2.37 bits per heavy atom. The number of ether oxygens (including phenoxy) is 3. The fourth-order valence-corrected chi connectivity index (χ4v) is 10.6. The van der Waals surface area contributed by atoms with Gasteiger partial charge in [-0.3, -0.25) is 0 Å². The van der Waals surface area contributed by atoms with E-state index in [2.05, 4.69) is 33.8 Å². The summed E-state index contributed by atoms with van der Waals surface area (Å²) in [6.07, 6.45) is 1.73. The molecule has 0 aromatic heterocycles. The molecule has 2 saturated heterocycles. The summed E-state index contributed by atoms with van der Waals surface area (Å²) < 4.78 is 18.9. The van der Waals surface area contributed by atoms with Crippen molar-refractivity contribution in [1.29, 1.82) is 0 Å². The van der Waals surface area contributed by atoms with Crippen LogP contribution in [0.5, 0.6) is 0 Å². The maximum absolute atomic E-state index is 12.6. The van der Waals surface area contributed by atoms with Gasteiger partial charge in [0.25, 0.3) is 0 Å². The first-order valence-electron chi connectivity index (χ1n) is 16.4. The van der Waals surface area contributed by atoms with Crippen molar-refractivity contribution in [3.8, 4) is 0 Å². The van der Waals surface area contributed by atoms with Gasteiger partial charge in [0.1, 0.15) is 18.3 Å². The van der Waals surface area contributed by atoms with Crippen LogP contribution < -0.4 is 0 Å². The summed E-state index contributed by atoms with van der Waals surface area (Å²) in [6.45, 7) is 10.3. The van der Waals surface area contributed by atoms with E-state index in [1.165, 1.54) is 12.0 Å². The molecule has 0 radical (unpaired) electrons. The minimum absolute atomic E-state index is 0.00108. The first-order chi connectivity index (χ1) is 20.2. The maximum Gasteiger partial charge on any atom is 0.338 e. The minimum atomic E-state index is -2.34. The van der Waals surface area contributed by atoms with E-state index in [0.717, 1.165) is 45.1 Å². The minimum Gasteiger partial charge on any atom is -0.479 e. The van der Waals surface area contributed by atoms with Crippen molar-refractivity contribution >= 4 is 11.9 Å². The van der Waals surface area contributed by atoms with E-state index in [0.29, 0.717) is 48.3 Å². The molecule has 3 saturated carbocycles. The molecule has 43 heavy (non-hydrogen) atoms. The molecule has 5 N–H and O–H groups in total. The molecule has 2 aliphatic heterocycles. The molecule has 0 aromatic rings. The second-order valence-electron chi connectivity index (χ2n) is 15.3. The Bertz CT molecular complexity index is 1130. The van der Waals surface area contributed by atoms with Gasteiger partial charge in [0, 0.05) is 18.8 Å². The van der Waals surface area contributed by atoms with Crippen LogP contribution in [-0.2, 0) is 23.8 Å². The van der Waals surface area contributed by atoms with Gasteiger partial charge in [0.2, 0.25) is 0 Å². The summed E-state index contributed by atoms with van der Waals surface area (Å²) in [5, 5.41) is 48.4. The van der Waals surface area contributed by atoms with Gasteiger partial charge in [-0.1, -0.05) is 39.3 Å². The Kier molecular flexibility index (Phi) is 8.08. The third kappa shape index (κ3) is 4.90. The molecule has 0 bridgehead atoms. The van der Waals surface area contributed by atoms with Gasteiger partial charge >= 0.3 is 11.9 Å². The molecule has 6 rings (SSSR count). The highest BCUT2D eigenvalue weighted by Crippen LogP contribution is 2.70. The largest absolute Gasteiger partial charge is 0.479 e. The highest BCUT2D eigenvalue weighted by molar-refractivity contribution is 5.76. The Hall–Kier alpha value is -1.56. The van der Waals surface area contributed by atoms with Crippen LogP contribution in [0.1, 0.15) is 85.5 Å². The number of fused-ring (bicyclic) bond motifs is 7. The van der Waals surface area contributed by atoms with E-state index in [9.17, 15) is 30.0 Å². The lowest BCUT2D eigenvalue weighted by atomic mass is 9.47. The van der Waals surface area contributed by atoms with Crippen molar-refractivity contribution in [2.75, 3.05) is 6.61 Å². The predicted molar refractivity (Wildman–Crippen MR) is 153 cm³/mol. The fourth-order valence-electron chi connectivity index (χ4n) is 10.6. The zero-order chi connectivity index (χ0) is 31.1. The molecule has 1 spiro atoms. The van der Waals surface area contributed by atoms with Crippen molar-refractivity contribution < 1.29 is 49.3 Å². The third-order valence-corrected chi connectivity index (χ3v) is 13.1. The standard InChI is InChI=1S/C33H50O10/c1-16-7-12-33(41-15-16)17(2)24-23(43-33)14-22-20-6-5-18-13-19(8-10-31(18,3)21(20)9-11-32(22,24)4)42-30(40)28(37)26(35)25(34)27(36)29(38)39/h5,16-17,19-28,34-37H,6-15H2,1-4H3,(H,38,39)/t16-,17+,19+,20-,21+,22+,23+,24+,25+,26+,27+,28-,31+,32+,33-/m1/s1. The van der Waals surface area contributed by atoms with Crippen molar-refractivity contribution in [3.63, 3.8) is 0 Å². The zero-order valence-electron chi connectivity index (χ0n) is 25.9. The summed E-state index contributed by atoms with van der Waals surface area (Å²) in [4.78, 5) is 23.5. The number of hydrogen-bond acceptors (Lipinski definition) is 9.